The minimum atomic E-state index is -3.65. The summed E-state index contributed by atoms with van der Waals surface area (Å²) in [7, 11) is -3.65. The lowest BCUT2D eigenvalue weighted by Gasteiger charge is -2.11. The quantitative estimate of drug-likeness (QED) is 0.667. The molecule has 0 bridgehead atoms. The van der Waals surface area contributed by atoms with Crippen LogP contribution in [0.5, 0.6) is 0 Å². The first kappa shape index (κ1) is 16.4. The van der Waals surface area contributed by atoms with Crippen molar-refractivity contribution in [3.05, 3.63) is 18.3 Å². The first-order valence-electron chi connectivity index (χ1n) is 6.35. The van der Waals surface area contributed by atoms with Crippen molar-refractivity contribution in [2.24, 2.45) is 0 Å². The van der Waals surface area contributed by atoms with Gasteiger partial charge in [0.05, 0.1) is 0 Å². The van der Waals surface area contributed by atoms with Crippen molar-refractivity contribution in [3.8, 4) is 0 Å². The molecule has 0 aliphatic heterocycles. The minimum Gasteiger partial charge on any atom is -0.384 e. The average molecular weight is 300 g/mol. The number of hydrogen-bond acceptors (Lipinski definition) is 5. The molecule has 112 valence electrons. The number of nitrogen functional groups attached to an aromatic ring is 1. The number of nitrogens with zero attached hydrogens (tertiary/aromatic N) is 1. The zero-order valence-electron chi connectivity index (χ0n) is 11.6. The molecule has 1 amide bonds. The number of pyridine rings is 1. The number of carbonyl (C=O) groups is 1. The summed E-state index contributed by atoms with van der Waals surface area (Å²) in [5, 5.41) is 2.76. The summed E-state index contributed by atoms with van der Waals surface area (Å²) < 4.78 is 26.1. The van der Waals surface area contributed by atoms with Crippen LogP contribution in [0, 0.1) is 0 Å². The lowest BCUT2D eigenvalue weighted by atomic mass is 10.2. The number of nitrogens with two attached hydrogens (primary N) is 1. The molecule has 1 aromatic rings. The summed E-state index contributed by atoms with van der Waals surface area (Å²) in [5.74, 6) is 0.0642. The highest BCUT2D eigenvalue weighted by molar-refractivity contribution is 7.89. The van der Waals surface area contributed by atoms with Crippen LogP contribution in [-0.2, 0) is 14.8 Å². The first-order chi connectivity index (χ1) is 9.35. The van der Waals surface area contributed by atoms with Crippen molar-refractivity contribution < 1.29 is 13.2 Å². The number of carbonyl (C=O) groups excluding carboxylic acids is 1. The maximum absolute atomic E-state index is 11.9. The Morgan fingerprint density at radius 2 is 2.15 bits per heavy atom. The van der Waals surface area contributed by atoms with Crippen LogP contribution < -0.4 is 15.8 Å². The molecule has 20 heavy (non-hydrogen) atoms. The van der Waals surface area contributed by atoms with Gasteiger partial charge in [0.15, 0.2) is 0 Å². The Morgan fingerprint density at radius 3 is 2.70 bits per heavy atom. The fraction of sp³-hybridized carbons (Fsp3) is 0.500. The molecule has 1 rings (SSSR count). The standard InChI is InChI=1S/C12H20N4O3S/c1-3-9(2)16-12(17)6-7-15-20(18,19)10-4-5-11(13)14-8-10/h4-5,8-9,15H,3,6-7H2,1-2H3,(H2,13,14)(H,16,17). The highest BCUT2D eigenvalue weighted by Gasteiger charge is 2.14. The van der Waals surface area contributed by atoms with Gasteiger partial charge in [0.1, 0.15) is 10.7 Å². The second kappa shape index (κ2) is 7.20. The van der Waals surface area contributed by atoms with E-state index in [0.717, 1.165) is 6.42 Å². The van der Waals surface area contributed by atoms with Gasteiger partial charge in [-0.3, -0.25) is 4.79 Å². The molecule has 1 atom stereocenters. The van der Waals surface area contributed by atoms with Gasteiger partial charge in [-0.05, 0) is 25.5 Å². The SMILES string of the molecule is CCC(C)NC(=O)CCNS(=O)(=O)c1ccc(N)nc1. The van der Waals surface area contributed by atoms with Crippen molar-refractivity contribution in [2.75, 3.05) is 12.3 Å². The Labute approximate surface area is 119 Å². The summed E-state index contributed by atoms with van der Waals surface area (Å²) in [6.45, 7) is 3.89. The largest absolute Gasteiger partial charge is 0.384 e. The van der Waals surface area contributed by atoms with Crippen LogP contribution in [-0.4, -0.2) is 31.9 Å². The predicted octanol–water partition coefficient (Wildman–Crippen LogP) is 0.247. The fourth-order valence-corrected chi connectivity index (χ4v) is 2.36. The van der Waals surface area contributed by atoms with Crippen molar-refractivity contribution in [2.45, 2.75) is 37.6 Å². The van der Waals surface area contributed by atoms with E-state index in [9.17, 15) is 13.2 Å². The number of anilines is 1. The smallest absolute Gasteiger partial charge is 0.242 e. The van der Waals surface area contributed by atoms with E-state index >= 15 is 0 Å². The molecule has 0 saturated heterocycles. The zero-order chi connectivity index (χ0) is 15.2. The number of hydrogen-bond donors (Lipinski definition) is 3. The second-order valence-corrected chi connectivity index (χ2v) is 6.21. The lowest BCUT2D eigenvalue weighted by molar-refractivity contribution is -0.121. The maximum Gasteiger partial charge on any atom is 0.242 e. The molecule has 0 radical (unpaired) electrons. The molecule has 8 heteroatoms. The van der Waals surface area contributed by atoms with Crippen LogP contribution in [0.2, 0.25) is 0 Å². The molecule has 0 fully saturated rings. The van der Waals surface area contributed by atoms with Gasteiger partial charge in [0, 0.05) is 25.2 Å². The van der Waals surface area contributed by atoms with Gasteiger partial charge in [0.25, 0.3) is 0 Å². The number of rotatable bonds is 7. The molecule has 0 spiro atoms. The van der Waals surface area contributed by atoms with E-state index in [0.29, 0.717) is 0 Å². The van der Waals surface area contributed by atoms with Crippen LogP contribution in [0.4, 0.5) is 5.82 Å². The van der Waals surface area contributed by atoms with Gasteiger partial charge in [-0.25, -0.2) is 18.1 Å². The highest BCUT2D eigenvalue weighted by atomic mass is 32.2. The molecule has 0 aromatic carbocycles. The second-order valence-electron chi connectivity index (χ2n) is 4.44. The van der Waals surface area contributed by atoms with Gasteiger partial charge < -0.3 is 11.1 Å². The van der Waals surface area contributed by atoms with E-state index in [1.54, 1.807) is 0 Å². The third kappa shape index (κ3) is 5.14. The summed E-state index contributed by atoms with van der Waals surface area (Å²) in [6.07, 6.45) is 2.09. The molecule has 7 nitrogen and oxygen atoms in total. The molecule has 0 aliphatic rings. The van der Waals surface area contributed by atoms with E-state index in [4.69, 9.17) is 5.73 Å². The monoisotopic (exact) mass is 300 g/mol. The van der Waals surface area contributed by atoms with Gasteiger partial charge in [-0.2, -0.15) is 0 Å². The van der Waals surface area contributed by atoms with Crippen LogP contribution in [0.15, 0.2) is 23.2 Å². The van der Waals surface area contributed by atoms with E-state index in [2.05, 4.69) is 15.0 Å². The number of nitrogens with one attached hydrogen (secondary N) is 2. The van der Waals surface area contributed by atoms with Crippen molar-refractivity contribution in [1.29, 1.82) is 0 Å². The highest BCUT2D eigenvalue weighted by Crippen LogP contribution is 2.08. The Balaban J connectivity index is 2.48. The summed E-state index contributed by atoms with van der Waals surface area (Å²) >= 11 is 0. The van der Waals surface area contributed by atoms with Crippen molar-refractivity contribution >= 4 is 21.7 Å². The van der Waals surface area contributed by atoms with Crippen LogP contribution in [0.3, 0.4) is 0 Å². The topological polar surface area (TPSA) is 114 Å². The molecule has 4 N–H and O–H groups in total. The van der Waals surface area contributed by atoms with Gasteiger partial charge >= 0.3 is 0 Å². The third-order valence-corrected chi connectivity index (χ3v) is 4.18. The summed E-state index contributed by atoms with van der Waals surface area (Å²) in [4.78, 5) is 15.2. The molecule has 1 heterocycles. The summed E-state index contributed by atoms with van der Waals surface area (Å²) in [6, 6.07) is 2.86. The van der Waals surface area contributed by atoms with Crippen molar-refractivity contribution in [3.63, 3.8) is 0 Å². The Hall–Kier alpha value is -1.67. The molecule has 0 saturated carbocycles. The molecular weight excluding hydrogens is 280 g/mol. The summed E-state index contributed by atoms with van der Waals surface area (Å²) in [5.41, 5.74) is 5.39. The first-order valence-corrected chi connectivity index (χ1v) is 7.84. The lowest BCUT2D eigenvalue weighted by Crippen LogP contribution is -2.35. The molecule has 1 unspecified atom stereocenters. The van der Waals surface area contributed by atoms with Crippen LogP contribution in [0.25, 0.3) is 0 Å². The number of sulfonamides is 1. The van der Waals surface area contributed by atoms with Gasteiger partial charge in [-0.1, -0.05) is 6.92 Å². The number of amides is 1. The van der Waals surface area contributed by atoms with E-state index in [1.807, 2.05) is 13.8 Å². The molecule has 0 aliphatic carbocycles. The maximum atomic E-state index is 11.9. The van der Waals surface area contributed by atoms with Gasteiger partial charge in [0.2, 0.25) is 15.9 Å². The van der Waals surface area contributed by atoms with Gasteiger partial charge in [-0.15, -0.1) is 0 Å². The Morgan fingerprint density at radius 1 is 1.45 bits per heavy atom. The molecule has 1 aromatic heterocycles. The Bertz CT molecular complexity index is 542. The minimum absolute atomic E-state index is 0.0223. The normalized spacial score (nSPS) is 12.9. The average Bonchev–Trinajstić information content (AvgIpc) is 2.38. The molecular formula is C12H20N4O3S. The number of aromatic nitrogens is 1. The van der Waals surface area contributed by atoms with Crippen LogP contribution >= 0.6 is 0 Å². The van der Waals surface area contributed by atoms with Crippen LogP contribution in [0.1, 0.15) is 26.7 Å². The third-order valence-electron chi connectivity index (χ3n) is 2.73. The zero-order valence-corrected chi connectivity index (χ0v) is 12.4. The Kier molecular flexibility index (Phi) is 5.90. The van der Waals surface area contributed by atoms with E-state index in [-0.39, 0.29) is 35.6 Å². The van der Waals surface area contributed by atoms with E-state index < -0.39 is 10.0 Å². The predicted molar refractivity (Wildman–Crippen MR) is 76.4 cm³/mol. The fourth-order valence-electron chi connectivity index (χ4n) is 1.38. The van der Waals surface area contributed by atoms with E-state index in [1.165, 1.54) is 18.3 Å². The van der Waals surface area contributed by atoms with Crippen molar-refractivity contribution in [1.82, 2.24) is 15.0 Å².